The number of nitrogens with zero attached hydrogens (tertiary/aromatic N) is 2. The Bertz CT molecular complexity index is 659. The second kappa shape index (κ2) is 5.19. The lowest BCUT2D eigenvalue weighted by Gasteiger charge is -2.19. The van der Waals surface area contributed by atoms with Gasteiger partial charge in [0.2, 0.25) is 0 Å². The third kappa shape index (κ3) is 3.20. The molecule has 0 aliphatic heterocycles. The average Bonchev–Trinajstić information content (AvgIpc) is 2.82. The molecule has 2 aromatic rings. The molecule has 0 saturated carbocycles. The number of hydrogen-bond donors (Lipinski definition) is 1. The smallest absolute Gasteiger partial charge is 0.456 e. The van der Waals surface area contributed by atoms with Crippen LogP contribution in [0.25, 0.3) is 5.69 Å². The Balaban J connectivity index is 2.07. The van der Waals surface area contributed by atoms with E-state index in [1.165, 1.54) is 12.1 Å². The molecule has 2 rings (SSSR count). The van der Waals surface area contributed by atoms with Gasteiger partial charge in [-0.2, -0.15) is 31.7 Å². The number of aromatic amines is 1. The van der Waals surface area contributed by atoms with Crippen molar-refractivity contribution in [2.24, 2.45) is 0 Å². The number of H-pyrrole nitrogens is 1. The Morgan fingerprint density at radius 1 is 1.14 bits per heavy atom. The summed E-state index contributed by atoms with van der Waals surface area (Å²) in [5.74, 6) is -5.13. The van der Waals surface area contributed by atoms with E-state index >= 15 is 0 Å². The molecule has 1 N–H and O–H groups in total. The highest BCUT2D eigenvalue weighted by atomic mass is 19.4. The molecule has 0 bridgehead atoms. The summed E-state index contributed by atoms with van der Waals surface area (Å²) in [4.78, 5) is 13.5. The van der Waals surface area contributed by atoms with Gasteiger partial charge in [0.25, 0.3) is 0 Å². The minimum atomic E-state index is -5.67. The van der Waals surface area contributed by atoms with Crippen LogP contribution < -0.4 is 10.4 Å². The van der Waals surface area contributed by atoms with Crippen molar-refractivity contribution < 1.29 is 26.7 Å². The number of halogens is 5. The zero-order valence-corrected chi connectivity index (χ0v) is 10.2. The minimum absolute atomic E-state index is 0.189. The van der Waals surface area contributed by atoms with Crippen LogP contribution in [0.5, 0.6) is 5.75 Å². The van der Waals surface area contributed by atoms with Gasteiger partial charge in [-0.1, -0.05) is 0 Å². The largest absolute Gasteiger partial charge is 0.487 e. The Kier molecular flexibility index (Phi) is 3.71. The van der Waals surface area contributed by atoms with Crippen LogP contribution >= 0.6 is 0 Å². The van der Waals surface area contributed by atoms with E-state index in [1.54, 1.807) is 0 Å². The average molecular weight is 309 g/mol. The van der Waals surface area contributed by atoms with Gasteiger partial charge >= 0.3 is 17.8 Å². The standard InChI is InChI=1S/C11H8F5N3O2/c12-10(13,11(14,15)16)5-21-8-3-1-7(2-4-8)19-9(20)17-6-18-19/h1-4,6H,5H2,(H,17,18,20). The van der Waals surface area contributed by atoms with E-state index in [2.05, 4.69) is 14.8 Å². The molecule has 1 heterocycles. The number of hydrogen-bond acceptors (Lipinski definition) is 3. The zero-order valence-electron chi connectivity index (χ0n) is 10.2. The monoisotopic (exact) mass is 309 g/mol. The summed E-state index contributed by atoms with van der Waals surface area (Å²) in [6.07, 6.45) is -4.52. The lowest BCUT2D eigenvalue weighted by Crippen LogP contribution is -2.41. The maximum atomic E-state index is 12.7. The van der Waals surface area contributed by atoms with Crippen molar-refractivity contribution in [2.75, 3.05) is 6.61 Å². The molecule has 10 heteroatoms. The van der Waals surface area contributed by atoms with Gasteiger partial charge in [-0.3, -0.25) is 4.98 Å². The molecule has 0 saturated heterocycles. The van der Waals surface area contributed by atoms with Gasteiger partial charge in [0.1, 0.15) is 12.1 Å². The van der Waals surface area contributed by atoms with E-state index in [4.69, 9.17) is 0 Å². The van der Waals surface area contributed by atoms with Crippen LogP contribution in [0.1, 0.15) is 0 Å². The fourth-order valence-corrected chi connectivity index (χ4v) is 1.38. The van der Waals surface area contributed by atoms with Crippen molar-refractivity contribution in [2.45, 2.75) is 12.1 Å². The summed E-state index contributed by atoms with van der Waals surface area (Å²) < 4.78 is 66.6. The molecule has 0 radical (unpaired) electrons. The lowest BCUT2D eigenvalue weighted by molar-refractivity contribution is -0.290. The van der Waals surface area contributed by atoms with Gasteiger partial charge in [-0.15, -0.1) is 0 Å². The first-order chi connectivity index (χ1) is 9.71. The molecule has 0 atom stereocenters. The van der Waals surface area contributed by atoms with E-state index in [0.717, 1.165) is 23.1 Å². The molecule has 0 fully saturated rings. The molecular weight excluding hydrogens is 301 g/mol. The summed E-state index contributed by atoms with van der Waals surface area (Å²) >= 11 is 0. The first-order valence-corrected chi connectivity index (χ1v) is 5.51. The van der Waals surface area contributed by atoms with Crippen molar-refractivity contribution >= 4 is 0 Å². The molecule has 0 amide bonds. The van der Waals surface area contributed by atoms with Crippen LogP contribution in [0.2, 0.25) is 0 Å². The number of aromatic nitrogens is 3. The summed E-state index contributed by atoms with van der Waals surface area (Å²) in [6.45, 7) is -1.82. The predicted octanol–water partition coefficient (Wildman–Crippen LogP) is 2.14. The Hall–Kier alpha value is -2.39. The number of ether oxygens (including phenoxy) is 1. The topological polar surface area (TPSA) is 59.9 Å². The third-order valence-corrected chi connectivity index (χ3v) is 2.47. The molecule has 114 valence electrons. The zero-order chi connectivity index (χ0) is 15.7. The third-order valence-electron chi connectivity index (χ3n) is 2.47. The summed E-state index contributed by atoms with van der Waals surface area (Å²) in [5, 5.41) is 3.67. The van der Waals surface area contributed by atoms with Crippen LogP contribution in [0.3, 0.4) is 0 Å². The molecule has 1 aromatic carbocycles. The summed E-state index contributed by atoms with van der Waals surface area (Å²) in [5.41, 5.74) is -0.219. The number of rotatable bonds is 4. The molecule has 0 unspecified atom stereocenters. The van der Waals surface area contributed by atoms with Crippen LogP contribution in [-0.2, 0) is 0 Å². The normalized spacial score (nSPS) is 12.4. The van der Waals surface area contributed by atoms with Gasteiger partial charge in [0.15, 0.2) is 6.61 Å². The Labute approximate surface area is 114 Å². The van der Waals surface area contributed by atoms with Crippen molar-refractivity contribution in [3.8, 4) is 11.4 Å². The van der Waals surface area contributed by atoms with E-state index in [9.17, 15) is 26.7 Å². The highest BCUT2D eigenvalue weighted by Gasteiger charge is 2.58. The van der Waals surface area contributed by atoms with Gasteiger partial charge < -0.3 is 4.74 Å². The van der Waals surface area contributed by atoms with E-state index in [1.807, 2.05) is 0 Å². The maximum absolute atomic E-state index is 12.7. The first-order valence-electron chi connectivity index (χ1n) is 5.51. The molecule has 1 aromatic heterocycles. The number of nitrogens with one attached hydrogen (secondary N) is 1. The van der Waals surface area contributed by atoms with E-state index in [-0.39, 0.29) is 5.75 Å². The van der Waals surface area contributed by atoms with Crippen LogP contribution in [0.15, 0.2) is 35.4 Å². The van der Waals surface area contributed by atoms with Crippen molar-refractivity contribution in [1.82, 2.24) is 14.8 Å². The lowest BCUT2D eigenvalue weighted by atomic mass is 10.3. The van der Waals surface area contributed by atoms with Crippen molar-refractivity contribution in [3.05, 3.63) is 41.1 Å². The van der Waals surface area contributed by atoms with Crippen LogP contribution in [0.4, 0.5) is 22.0 Å². The quantitative estimate of drug-likeness (QED) is 0.880. The minimum Gasteiger partial charge on any atom is -0.487 e. The van der Waals surface area contributed by atoms with E-state index < -0.39 is 24.4 Å². The van der Waals surface area contributed by atoms with Gasteiger partial charge in [-0.25, -0.2) is 4.79 Å². The fourth-order valence-electron chi connectivity index (χ4n) is 1.38. The maximum Gasteiger partial charge on any atom is 0.456 e. The van der Waals surface area contributed by atoms with Crippen molar-refractivity contribution in [3.63, 3.8) is 0 Å². The van der Waals surface area contributed by atoms with Crippen LogP contribution in [-0.4, -0.2) is 33.5 Å². The molecular formula is C11H8F5N3O2. The molecule has 21 heavy (non-hydrogen) atoms. The van der Waals surface area contributed by atoms with Crippen molar-refractivity contribution in [1.29, 1.82) is 0 Å². The fraction of sp³-hybridized carbons (Fsp3) is 0.273. The van der Waals surface area contributed by atoms with Crippen LogP contribution in [0, 0.1) is 0 Å². The highest BCUT2D eigenvalue weighted by Crippen LogP contribution is 2.35. The first kappa shape index (κ1) is 15.0. The SMILES string of the molecule is O=c1[nH]cnn1-c1ccc(OCC(F)(F)C(F)(F)F)cc1. The molecule has 0 aliphatic carbocycles. The molecule has 0 spiro atoms. The Morgan fingerprint density at radius 3 is 2.24 bits per heavy atom. The summed E-state index contributed by atoms with van der Waals surface area (Å²) in [6, 6.07) is 4.90. The predicted molar refractivity (Wildman–Crippen MR) is 60.7 cm³/mol. The van der Waals surface area contributed by atoms with Gasteiger partial charge in [0, 0.05) is 0 Å². The number of alkyl halides is 5. The second-order valence-electron chi connectivity index (χ2n) is 3.99. The van der Waals surface area contributed by atoms with E-state index in [0.29, 0.717) is 5.69 Å². The van der Waals surface area contributed by atoms with Gasteiger partial charge in [0.05, 0.1) is 5.69 Å². The molecule has 5 nitrogen and oxygen atoms in total. The summed E-state index contributed by atoms with van der Waals surface area (Å²) in [7, 11) is 0. The Morgan fingerprint density at radius 2 is 1.76 bits per heavy atom. The second-order valence-corrected chi connectivity index (χ2v) is 3.99. The number of benzene rings is 1. The van der Waals surface area contributed by atoms with Gasteiger partial charge in [-0.05, 0) is 24.3 Å². The highest BCUT2D eigenvalue weighted by molar-refractivity contribution is 5.36. The molecule has 0 aliphatic rings.